The molecule has 126 valence electrons. The third-order valence-corrected chi connectivity index (χ3v) is 4.31. The van der Waals surface area contributed by atoms with Gasteiger partial charge in [-0.05, 0) is 43.0 Å². The first kappa shape index (κ1) is 16.4. The van der Waals surface area contributed by atoms with Gasteiger partial charge in [-0.25, -0.2) is 0 Å². The monoisotopic (exact) mass is 324 g/mol. The highest BCUT2D eigenvalue weighted by Crippen LogP contribution is 2.32. The van der Waals surface area contributed by atoms with Gasteiger partial charge in [-0.15, -0.1) is 10.2 Å². The molecule has 1 aromatic heterocycles. The fourth-order valence-corrected chi connectivity index (χ4v) is 3.18. The molecule has 2 aromatic rings. The Hall–Kier alpha value is -2.43. The topological polar surface area (TPSA) is 49.3 Å². The van der Waals surface area contributed by atoms with E-state index in [0.29, 0.717) is 5.69 Å². The van der Waals surface area contributed by atoms with Crippen LogP contribution in [-0.4, -0.2) is 40.6 Å². The summed E-state index contributed by atoms with van der Waals surface area (Å²) in [6.45, 7) is 6.58. The highest BCUT2D eigenvalue weighted by molar-refractivity contribution is 5.92. The Morgan fingerprint density at radius 3 is 2.50 bits per heavy atom. The molecule has 0 spiro atoms. The van der Waals surface area contributed by atoms with Crippen LogP contribution in [0, 0.1) is 0 Å². The van der Waals surface area contributed by atoms with Gasteiger partial charge in [0.05, 0.1) is 0 Å². The molecule has 2 heterocycles. The molecule has 0 aliphatic carbocycles. The summed E-state index contributed by atoms with van der Waals surface area (Å²) in [5.41, 5.74) is 2.94. The maximum Gasteiger partial charge on any atom is 0.274 e. The average molecular weight is 324 g/mol. The van der Waals surface area contributed by atoms with Crippen molar-refractivity contribution in [3.8, 4) is 0 Å². The van der Waals surface area contributed by atoms with Crippen molar-refractivity contribution in [2.45, 2.75) is 33.1 Å². The minimum absolute atomic E-state index is 0.0282. The second-order valence-electron chi connectivity index (χ2n) is 6.10. The highest BCUT2D eigenvalue weighted by Gasteiger charge is 2.22. The number of fused-ring (bicyclic) bond motifs is 1. The number of anilines is 2. The lowest BCUT2D eigenvalue weighted by Crippen LogP contribution is -2.33. The Labute approximate surface area is 143 Å². The van der Waals surface area contributed by atoms with Crippen LogP contribution in [0.15, 0.2) is 36.4 Å². The summed E-state index contributed by atoms with van der Waals surface area (Å²) in [6, 6.07) is 12.0. The van der Waals surface area contributed by atoms with Gasteiger partial charge in [-0.3, -0.25) is 4.79 Å². The Morgan fingerprint density at radius 1 is 1.08 bits per heavy atom. The second kappa shape index (κ2) is 7.43. The summed E-state index contributed by atoms with van der Waals surface area (Å²) < 4.78 is 0. The number of para-hydroxylation sites is 1. The average Bonchev–Trinajstić information content (AvgIpc) is 3.05. The van der Waals surface area contributed by atoms with E-state index in [1.807, 2.05) is 17.0 Å². The van der Waals surface area contributed by atoms with Gasteiger partial charge in [0.25, 0.3) is 5.91 Å². The minimum atomic E-state index is -0.0282. The second-order valence-corrected chi connectivity index (χ2v) is 6.10. The van der Waals surface area contributed by atoms with Crippen LogP contribution in [0.25, 0.3) is 0 Å². The van der Waals surface area contributed by atoms with Crippen LogP contribution in [0.5, 0.6) is 0 Å². The maximum absolute atomic E-state index is 12.6. The smallest absolute Gasteiger partial charge is 0.274 e. The Morgan fingerprint density at radius 2 is 1.83 bits per heavy atom. The molecule has 0 bridgehead atoms. The van der Waals surface area contributed by atoms with Gasteiger partial charge >= 0.3 is 0 Å². The molecule has 0 saturated carbocycles. The van der Waals surface area contributed by atoms with Crippen LogP contribution in [0.2, 0.25) is 0 Å². The van der Waals surface area contributed by atoms with Crippen molar-refractivity contribution in [3.63, 3.8) is 0 Å². The SMILES string of the molecule is CCCN(CCC)C(=O)c1ccc(N2CCc3ccccc32)nn1. The zero-order chi connectivity index (χ0) is 16.9. The van der Waals surface area contributed by atoms with Crippen molar-refractivity contribution < 1.29 is 4.79 Å². The molecule has 5 nitrogen and oxygen atoms in total. The molecular formula is C19H24N4O. The van der Waals surface area contributed by atoms with Gasteiger partial charge in [-0.2, -0.15) is 0 Å². The van der Waals surface area contributed by atoms with Crippen molar-refractivity contribution >= 4 is 17.4 Å². The summed E-state index contributed by atoms with van der Waals surface area (Å²) >= 11 is 0. The Kier molecular flexibility index (Phi) is 5.08. The van der Waals surface area contributed by atoms with E-state index >= 15 is 0 Å². The van der Waals surface area contributed by atoms with Crippen LogP contribution in [-0.2, 0) is 6.42 Å². The van der Waals surface area contributed by atoms with Crippen molar-refractivity contribution in [3.05, 3.63) is 47.7 Å². The highest BCUT2D eigenvalue weighted by atomic mass is 16.2. The molecular weight excluding hydrogens is 300 g/mol. The predicted octanol–water partition coefficient (Wildman–Crippen LogP) is 3.43. The van der Waals surface area contributed by atoms with Gasteiger partial charge < -0.3 is 9.80 Å². The lowest BCUT2D eigenvalue weighted by Gasteiger charge is -2.21. The number of carbonyl (C=O) groups is 1. The first-order valence-electron chi connectivity index (χ1n) is 8.73. The lowest BCUT2D eigenvalue weighted by molar-refractivity contribution is 0.0748. The molecule has 1 amide bonds. The van der Waals surface area contributed by atoms with Crippen molar-refractivity contribution in [1.82, 2.24) is 15.1 Å². The summed E-state index contributed by atoms with van der Waals surface area (Å²) in [7, 11) is 0. The third kappa shape index (κ3) is 3.25. The summed E-state index contributed by atoms with van der Waals surface area (Å²) in [4.78, 5) is 16.6. The molecule has 0 radical (unpaired) electrons. The molecule has 24 heavy (non-hydrogen) atoms. The van der Waals surface area contributed by atoms with E-state index in [2.05, 4.69) is 47.1 Å². The molecule has 1 aliphatic heterocycles. The molecule has 5 heteroatoms. The lowest BCUT2D eigenvalue weighted by atomic mass is 10.2. The van der Waals surface area contributed by atoms with E-state index in [1.165, 1.54) is 11.3 Å². The zero-order valence-corrected chi connectivity index (χ0v) is 14.4. The maximum atomic E-state index is 12.6. The number of nitrogens with zero attached hydrogens (tertiary/aromatic N) is 4. The van der Waals surface area contributed by atoms with E-state index in [1.54, 1.807) is 6.07 Å². The summed E-state index contributed by atoms with van der Waals surface area (Å²) in [5.74, 6) is 0.772. The van der Waals surface area contributed by atoms with E-state index < -0.39 is 0 Å². The van der Waals surface area contributed by atoms with E-state index in [9.17, 15) is 4.79 Å². The fraction of sp³-hybridized carbons (Fsp3) is 0.421. The molecule has 0 fully saturated rings. The fourth-order valence-electron chi connectivity index (χ4n) is 3.18. The predicted molar refractivity (Wildman–Crippen MR) is 95.7 cm³/mol. The number of amides is 1. The van der Waals surface area contributed by atoms with Crippen molar-refractivity contribution in [2.75, 3.05) is 24.5 Å². The molecule has 0 atom stereocenters. The van der Waals surface area contributed by atoms with Gasteiger partial charge in [0.15, 0.2) is 11.5 Å². The van der Waals surface area contributed by atoms with Crippen LogP contribution in [0.4, 0.5) is 11.5 Å². The quantitative estimate of drug-likeness (QED) is 0.817. The molecule has 0 unspecified atom stereocenters. The van der Waals surface area contributed by atoms with Gasteiger partial charge in [0.2, 0.25) is 0 Å². The first-order valence-corrected chi connectivity index (χ1v) is 8.73. The van der Waals surface area contributed by atoms with Gasteiger partial charge in [-0.1, -0.05) is 32.0 Å². The molecule has 1 aliphatic rings. The number of hydrogen-bond donors (Lipinski definition) is 0. The standard InChI is InChI=1S/C19H24N4O/c1-3-12-22(13-4-2)19(24)16-9-10-18(21-20-16)23-14-11-15-7-5-6-8-17(15)23/h5-10H,3-4,11-14H2,1-2H3. The van der Waals surface area contributed by atoms with Crippen molar-refractivity contribution in [1.29, 1.82) is 0 Å². The van der Waals surface area contributed by atoms with E-state index in [4.69, 9.17) is 0 Å². The van der Waals surface area contributed by atoms with Crippen LogP contribution in [0.3, 0.4) is 0 Å². The summed E-state index contributed by atoms with van der Waals surface area (Å²) in [6.07, 6.45) is 2.91. The normalized spacial score (nSPS) is 13.0. The number of rotatable bonds is 6. The Bertz CT molecular complexity index is 693. The van der Waals surface area contributed by atoms with Gasteiger partial charge in [0, 0.05) is 25.3 Å². The van der Waals surface area contributed by atoms with Crippen LogP contribution < -0.4 is 4.90 Å². The largest absolute Gasteiger partial charge is 0.337 e. The van der Waals surface area contributed by atoms with E-state index in [-0.39, 0.29) is 5.91 Å². The molecule has 0 saturated heterocycles. The number of hydrogen-bond acceptors (Lipinski definition) is 4. The number of carbonyl (C=O) groups excluding carboxylic acids is 1. The zero-order valence-electron chi connectivity index (χ0n) is 14.4. The molecule has 0 N–H and O–H groups in total. The summed E-state index contributed by atoms with van der Waals surface area (Å²) in [5, 5.41) is 8.51. The van der Waals surface area contributed by atoms with Crippen LogP contribution in [0.1, 0.15) is 42.7 Å². The van der Waals surface area contributed by atoms with Gasteiger partial charge in [0.1, 0.15) is 0 Å². The minimum Gasteiger partial charge on any atom is -0.337 e. The molecule has 1 aromatic carbocycles. The number of aromatic nitrogens is 2. The number of benzene rings is 1. The third-order valence-electron chi connectivity index (χ3n) is 4.31. The van der Waals surface area contributed by atoms with E-state index in [0.717, 1.165) is 44.7 Å². The Balaban J connectivity index is 1.77. The first-order chi connectivity index (χ1) is 11.7. The van der Waals surface area contributed by atoms with Crippen LogP contribution >= 0.6 is 0 Å². The molecule has 3 rings (SSSR count). The van der Waals surface area contributed by atoms with Crippen molar-refractivity contribution in [2.24, 2.45) is 0 Å².